The van der Waals surface area contributed by atoms with Crippen molar-refractivity contribution in [3.8, 4) is 0 Å². The molecule has 0 aliphatic rings. The Balaban J connectivity index is 1.82. The zero-order chi connectivity index (χ0) is 16.1. The van der Waals surface area contributed by atoms with Crippen molar-refractivity contribution in [2.45, 2.75) is 26.3 Å². The maximum atomic E-state index is 11.8. The van der Waals surface area contributed by atoms with E-state index in [0.29, 0.717) is 25.9 Å². The van der Waals surface area contributed by atoms with Gasteiger partial charge in [0, 0.05) is 38.9 Å². The van der Waals surface area contributed by atoms with Crippen molar-refractivity contribution in [3.63, 3.8) is 0 Å². The number of hydrogen-bond donors (Lipinski definition) is 1. The van der Waals surface area contributed by atoms with Crippen LogP contribution in [-0.2, 0) is 16.1 Å². The summed E-state index contributed by atoms with van der Waals surface area (Å²) in [6.07, 6.45) is 2.49. The summed E-state index contributed by atoms with van der Waals surface area (Å²) in [5.74, 6) is -0.0592. The van der Waals surface area contributed by atoms with Gasteiger partial charge < -0.3 is 10.2 Å². The van der Waals surface area contributed by atoms with Crippen LogP contribution in [-0.4, -0.2) is 47.1 Å². The Morgan fingerprint density at radius 2 is 2.05 bits per heavy atom. The first-order chi connectivity index (χ1) is 10.5. The molecule has 0 saturated carbocycles. The standard InChI is InChI=1S/C16H22N4O2/c1-12-4-5-14-13(10-12)11-18-20(14)9-7-15(21)17-8-6-16(22)19(2)3/h4-5,10-11H,6-9H2,1-3H3,(H,17,21). The van der Waals surface area contributed by atoms with Gasteiger partial charge in [-0.1, -0.05) is 11.6 Å². The molecule has 0 radical (unpaired) electrons. The topological polar surface area (TPSA) is 67.2 Å². The van der Waals surface area contributed by atoms with Crippen molar-refractivity contribution in [2.75, 3.05) is 20.6 Å². The van der Waals surface area contributed by atoms with Crippen LogP contribution < -0.4 is 5.32 Å². The molecule has 2 amide bonds. The van der Waals surface area contributed by atoms with E-state index in [1.165, 1.54) is 10.5 Å². The number of aromatic nitrogens is 2. The average Bonchev–Trinajstić information content (AvgIpc) is 2.87. The van der Waals surface area contributed by atoms with Crippen molar-refractivity contribution in [3.05, 3.63) is 30.0 Å². The molecule has 1 aromatic carbocycles. The Hall–Kier alpha value is -2.37. The second-order valence-electron chi connectivity index (χ2n) is 5.57. The fourth-order valence-corrected chi connectivity index (χ4v) is 2.21. The van der Waals surface area contributed by atoms with Gasteiger partial charge in [-0.15, -0.1) is 0 Å². The Morgan fingerprint density at radius 1 is 1.27 bits per heavy atom. The molecule has 2 rings (SSSR count). The van der Waals surface area contributed by atoms with E-state index in [9.17, 15) is 9.59 Å². The van der Waals surface area contributed by atoms with Crippen LogP contribution in [0.4, 0.5) is 0 Å². The van der Waals surface area contributed by atoms with Gasteiger partial charge in [0.1, 0.15) is 0 Å². The van der Waals surface area contributed by atoms with E-state index in [1.807, 2.05) is 29.9 Å². The second kappa shape index (κ2) is 7.06. The summed E-state index contributed by atoms with van der Waals surface area (Å²) in [6, 6.07) is 6.13. The van der Waals surface area contributed by atoms with Crippen molar-refractivity contribution >= 4 is 22.7 Å². The molecule has 0 aliphatic heterocycles. The van der Waals surface area contributed by atoms with Gasteiger partial charge in [0.25, 0.3) is 0 Å². The van der Waals surface area contributed by atoms with Gasteiger partial charge in [0.05, 0.1) is 18.3 Å². The Kier molecular flexibility index (Phi) is 5.14. The molecular weight excluding hydrogens is 280 g/mol. The highest BCUT2D eigenvalue weighted by Gasteiger charge is 2.08. The first-order valence-corrected chi connectivity index (χ1v) is 7.36. The minimum Gasteiger partial charge on any atom is -0.356 e. The SMILES string of the molecule is Cc1ccc2c(cnn2CCC(=O)NCCC(=O)N(C)C)c1. The van der Waals surface area contributed by atoms with Gasteiger partial charge in [0.2, 0.25) is 11.8 Å². The average molecular weight is 302 g/mol. The van der Waals surface area contributed by atoms with Gasteiger partial charge in [0.15, 0.2) is 0 Å². The monoisotopic (exact) mass is 302 g/mol. The van der Waals surface area contributed by atoms with E-state index < -0.39 is 0 Å². The number of fused-ring (bicyclic) bond motifs is 1. The molecule has 2 aromatic rings. The number of rotatable bonds is 6. The highest BCUT2D eigenvalue weighted by Crippen LogP contribution is 2.15. The van der Waals surface area contributed by atoms with Gasteiger partial charge >= 0.3 is 0 Å². The molecule has 22 heavy (non-hydrogen) atoms. The Bertz CT molecular complexity index is 676. The fourth-order valence-electron chi connectivity index (χ4n) is 2.21. The summed E-state index contributed by atoms with van der Waals surface area (Å²) in [6.45, 7) is 2.94. The number of hydrogen-bond acceptors (Lipinski definition) is 3. The van der Waals surface area contributed by atoms with E-state index in [-0.39, 0.29) is 11.8 Å². The zero-order valence-corrected chi connectivity index (χ0v) is 13.3. The van der Waals surface area contributed by atoms with Gasteiger partial charge in [-0.3, -0.25) is 14.3 Å². The van der Waals surface area contributed by atoms with Crippen molar-refractivity contribution < 1.29 is 9.59 Å². The third kappa shape index (κ3) is 4.07. The summed E-state index contributed by atoms with van der Waals surface area (Å²) in [4.78, 5) is 24.7. The number of carbonyl (C=O) groups is 2. The largest absolute Gasteiger partial charge is 0.356 e. The summed E-state index contributed by atoms with van der Waals surface area (Å²) in [7, 11) is 3.41. The molecule has 0 fully saturated rings. The number of aryl methyl sites for hydroxylation is 2. The Labute approximate surface area is 130 Å². The molecule has 6 heteroatoms. The van der Waals surface area contributed by atoms with Crippen LogP contribution in [0.5, 0.6) is 0 Å². The molecule has 118 valence electrons. The molecule has 1 heterocycles. The first kappa shape index (κ1) is 16.0. The summed E-state index contributed by atoms with van der Waals surface area (Å²) < 4.78 is 1.83. The predicted octanol–water partition coefficient (Wildman–Crippen LogP) is 1.33. The molecule has 1 aromatic heterocycles. The van der Waals surface area contributed by atoms with Crippen LogP contribution in [0.1, 0.15) is 18.4 Å². The number of nitrogens with zero attached hydrogens (tertiary/aromatic N) is 3. The van der Waals surface area contributed by atoms with Crippen LogP contribution in [0.3, 0.4) is 0 Å². The van der Waals surface area contributed by atoms with E-state index in [1.54, 1.807) is 14.1 Å². The summed E-state index contributed by atoms with van der Waals surface area (Å²) in [5, 5.41) is 8.16. The maximum Gasteiger partial charge on any atom is 0.223 e. The first-order valence-electron chi connectivity index (χ1n) is 7.36. The molecule has 0 atom stereocenters. The van der Waals surface area contributed by atoms with E-state index in [2.05, 4.69) is 16.5 Å². The van der Waals surface area contributed by atoms with Crippen LogP contribution in [0.15, 0.2) is 24.4 Å². The number of nitrogens with one attached hydrogen (secondary N) is 1. The lowest BCUT2D eigenvalue weighted by molar-refractivity contribution is -0.128. The van der Waals surface area contributed by atoms with Crippen LogP contribution in [0.2, 0.25) is 0 Å². The Morgan fingerprint density at radius 3 is 2.77 bits per heavy atom. The quantitative estimate of drug-likeness (QED) is 0.875. The fraction of sp³-hybridized carbons (Fsp3) is 0.438. The van der Waals surface area contributed by atoms with Crippen molar-refractivity contribution in [2.24, 2.45) is 0 Å². The molecule has 1 N–H and O–H groups in total. The normalized spacial score (nSPS) is 10.7. The molecular formula is C16H22N4O2. The van der Waals surface area contributed by atoms with E-state index in [0.717, 1.165) is 10.9 Å². The van der Waals surface area contributed by atoms with Crippen LogP contribution in [0.25, 0.3) is 10.9 Å². The molecule has 0 spiro atoms. The van der Waals surface area contributed by atoms with Gasteiger partial charge in [-0.05, 0) is 19.1 Å². The van der Waals surface area contributed by atoms with Gasteiger partial charge in [-0.2, -0.15) is 5.10 Å². The summed E-state index contributed by atoms with van der Waals surface area (Å²) >= 11 is 0. The molecule has 0 saturated heterocycles. The smallest absolute Gasteiger partial charge is 0.223 e. The van der Waals surface area contributed by atoms with E-state index in [4.69, 9.17) is 0 Å². The van der Waals surface area contributed by atoms with Crippen LogP contribution >= 0.6 is 0 Å². The lowest BCUT2D eigenvalue weighted by Crippen LogP contribution is -2.30. The number of benzene rings is 1. The van der Waals surface area contributed by atoms with Gasteiger partial charge in [-0.25, -0.2) is 0 Å². The number of carbonyl (C=O) groups excluding carboxylic acids is 2. The third-order valence-corrected chi connectivity index (χ3v) is 3.51. The minimum atomic E-state index is -0.0673. The minimum absolute atomic E-state index is 0.00809. The molecule has 6 nitrogen and oxygen atoms in total. The lowest BCUT2D eigenvalue weighted by Gasteiger charge is -2.10. The lowest BCUT2D eigenvalue weighted by atomic mass is 10.2. The van der Waals surface area contributed by atoms with Crippen molar-refractivity contribution in [1.29, 1.82) is 0 Å². The maximum absolute atomic E-state index is 11.8. The van der Waals surface area contributed by atoms with Crippen molar-refractivity contribution in [1.82, 2.24) is 20.0 Å². The molecule has 0 aliphatic carbocycles. The molecule has 0 unspecified atom stereocenters. The summed E-state index contributed by atoms with van der Waals surface area (Å²) in [5.41, 5.74) is 2.22. The highest BCUT2D eigenvalue weighted by atomic mass is 16.2. The van der Waals surface area contributed by atoms with E-state index >= 15 is 0 Å². The predicted molar refractivity (Wildman–Crippen MR) is 85.4 cm³/mol. The zero-order valence-electron chi connectivity index (χ0n) is 13.3. The number of amides is 2. The highest BCUT2D eigenvalue weighted by molar-refractivity contribution is 5.80. The van der Waals surface area contributed by atoms with Crippen LogP contribution in [0, 0.1) is 6.92 Å². The second-order valence-corrected chi connectivity index (χ2v) is 5.57. The molecule has 0 bridgehead atoms. The third-order valence-electron chi connectivity index (χ3n) is 3.51.